The van der Waals surface area contributed by atoms with Gasteiger partial charge in [0.2, 0.25) is 0 Å². The van der Waals surface area contributed by atoms with E-state index in [9.17, 15) is 4.79 Å². The second-order valence-corrected chi connectivity index (χ2v) is 6.96. The van der Waals surface area contributed by atoms with Crippen LogP contribution in [0.1, 0.15) is 38.2 Å². The van der Waals surface area contributed by atoms with Gasteiger partial charge in [0, 0.05) is 18.8 Å². The van der Waals surface area contributed by atoms with Gasteiger partial charge < -0.3 is 20.1 Å². The van der Waals surface area contributed by atoms with Crippen LogP contribution in [-0.4, -0.2) is 37.8 Å². The van der Waals surface area contributed by atoms with Crippen LogP contribution in [-0.2, 0) is 20.9 Å². The molecule has 2 N–H and O–H groups in total. The number of benzene rings is 1. The van der Waals surface area contributed by atoms with Gasteiger partial charge in [0.25, 0.3) is 5.91 Å². The minimum atomic E-state index is -0.414. The maximum absolute atomic E-state index is 12.2. The fourth-order valence-electron chi connectivity index (χ4n) is 3.44. The minimum absolute atomic E-state index is 0.0960. The van der Waals surface area contributed by atoms with Gasteiger partial charge in [-0.25, -0.2) is 0 Å². The Balaban J connectivity index is 1.50. The van der Waals surface area contributed by atoms with E-state index < -0.39 is 6.10 Å². The van der Waals surface area contributed by atoms with E-state index in [4.69, 9.17) is 9.47 Å². The van der Waals surface area contributed by atoms with Gasteiger partial charge in [0.15, 0.2) is 0 Å². The van der Waals surface area contributed by atoms with Gasteiger partial charge in [-0.3, -0.25) is 4.79 Å². The number of nitrogens with one attached hydrogen (secondary N) is 2. The first-order valence-corrected chi connectivity index (χ1v) is 9.04. The van der Waals surface area contributed by atoms with Gasteiger partial charge >= 0.3 is 0 Å². The summed E-state index contributed by atoms with van der Waals surface area (Å²) in [4.78, 5) is 12.2. The molecule has 2 fully saturated rings. The van der Waals surface area contributed by atoms with E-state index in [-0.39, 0.29) is 5.91 Å². The lowest BCUT2D eigenvalue weighted by Crippen LogP contribution is -2.45. The minimum Gasteiger partial charge on any atom is -0.374 e. The normalized spacial score (nSPS) is 27.6. The molecule has 132 valence electrons. The van der Waals surface area contributed by atoms with E-state index in [2.05, 4.69) is 17.6 Å². The lowest BCUT2D eigenvalue weighted by Gasteiger charge is -2.27. The first-order valence-electron chi connectivity index (χ1n) is 9.04. The van der Waals surface area contributed by atoms with E-state index >= 15 is 0 Å². The standard InChI is InChI=1S/C19H28N2O3/c1-14-4-2-7-17(10-14)24-13-15-5-3-6-16(11-15)21-19(22)18-12-20-8-9-23-18/h3,5-6,11,14,17-18,20H,2,4,7-10,12-13H2,1H3,(H,21,22). The van der Waals surface area contributed by atoms with Crippen LogP contribution in [0.25, 0.3) is 0 Å². The van der Waals surface area contributed by atoms with E-state index in [1.165, 1.54) is 12.8 Å². The summed E-state index contributed by atoms with van der Waals surface area (Å²) in [6, 6.07) is 7.89. The number of anilines is 1. The van der Waals surface area contributed by atoms with Gasteiger partial charge in [0.05, 0.1) is 19.3 Å². The number of ether oxygens (including phenoxy) is 2. The topological polar surface area (TPSA) is 59.6 Å². The van der Waals surface area contributed by atoms with Crippen LogP contribution in [0.2, 0.25) is 0 Å². The Hall–Kier alpha value is -1.43. The zero-order valence-electron chi connectivity index (χ0n) is 14.4. The fraction of sp³-hybridized carbons (Fsp3) is 0.632. The Kier molecular flexibility index (Phi) is 6.24. The SMILES string of the molecule is CC1CCCC(OCc2cccc(NC(=O)C3CNCCO3)c2)C1. The summed E-state index contributed by atoms with van der Waals surface area (Å²) in [6.07, 6.45) is 4.85. The Morgan fingerprint density at radius 1 is 1.42 bits per heavy atom. The van der Waals surface area contributed by atoms with Crippen LogP contribution in [0.15, 0.2) is 24.3 Å². The van der Waals surface area contributed by atoms with Crippen LogP contribution in [0, 0.1) is 5.92 Å². The van der Waals surface area contributed by atoms with Crippen molar-refractivity contribution in [1.82, 2.24) is 5.32 Å². The average Bonchev–Trinajstić information content (AvgIpc) is 2.61. The summed E-state index contributed by atoms with van der Waals surface area (Å²) >= 11 is 0. The van der Waals surface area contributed by atoms with E-state index in [0.717, 1.165) is 36.6 Å². The highest BCUT2D eigenvalue weighted by Gasteiger charge is 2.22. The third-order valence-electron chi connectivity index (χ3n) is 4.79. The molecular weight excluding hydrogens is 304 g/mol. The molecule has 3 atom stereocenters. The molecule has 1 aromatic rings. The van der Waals surface area contributed by atoms with E-state index in [0.29, 0.717) is 25.9 Å². The van der Waals surface area contributed by atoms with Crippen molar-refractivity contribution in [3.05, 3.63) is 29.8 Å². The highest BCUT2D eigenvalue weighted by molar-refractivity contribution is 5.94. The molecule has 1 aliphatic heterocycles. The summed E-state index contributed by atoms with van der Waals surface area (Å²) in [7, 11) is 0. The van der Waals surface area contributed by atoms with Crippen molar-refractivity contribution in [3.63, 3.8) is 0 Å². The van der Waals surface area contributed by atoms with Crippen molar-refractivity contribution < 1.29 is 14.3 Å². The lowest BCUT2D eigenvalue weighted by molar-refractivity contribution is -0.128. The molecule has 3 unspecified atom stereocenters. The number of amides is 1. The Morgan fingerprint density at radius 3 is 3.12 bits per heavy atom. The van der Waals surface area contributed by atoms with Crippen LogP contribution >= 0.6 is 0 Å². The van der Waals surface area contributed by atoms with Crippen molar-refractivity contribution >= 4 is 11.6 Å². The molecule has 0 aromatic heterocycles. The number of hydrogen-bond donors (Lipinski definition) is 2. The number of carbonyl (C=O) groups is 1. The number of morpholine rings is 1. The third-order valence-corrected chi connectivity index (χ3v) is 4.79. The van der Waals surface area contributed by atoms with Crippen molar-refractivity contribution in [3.8, 4) is 0 Å². The number of hydrogen-bond acceptors (Lipinski definition) is 4. The quantitative estimate of drug-likeness (QED) is 0.870. The number of rotatable bonds is 5. The molecule has 1 aromatic carbocycles. The van der Waals surface area contributed by atoms with Crippen molar-refractivity contribution in [2.75, 3.05) is 25.0 Å². The number of carbonyl (C=O) groups excluding carboxylic acids is 1. The smallest absolute Gasteiger partial charge is 0.254 e. The molecule has 1 aliphatic carbocycles. The first kappa shape index (κ1) is 17.4. The Labute approximate surface area is 144 Å². The highest BCUT2D eigenvalue weighted by atomic mass is 16.5. The highest BCUT2D eigenvalue weighted by Crippen LogP contribution is 2.26. The Morgan fingerprint density at radius 2 is 2.33 bits per heavy atom. The molecule has 5 heteroatoms. The average molecular weight is 332 g/mol. The zero-order chi connectivity index (χ0) is 16.8. The predicted molar refractivity (Wildman–Crippen MR) is 93.9 cm³/mol. The van der Waals surface area contributed by atoms with E-state index in [1.54, 1.807) is 0 Å². The van der Waals surface area contributed by atoms with Crippen LogP contribution in [0.4, 0.5) is 5.69 Å². The molecular formula is C19H28N2O3. The molecule has 1 heterocycles. The molecule has 1 amide bonds. The van der Waals surface area contributed by atoms with Crippen LogP contribution < -0.4 is 10.6 Å². The van der Waals surface area contributed by atoms with Gasteiger partial charge in [0.1, 0.15) is 6.10 Å². The molecule has 24 heavy (non-hydrogen) atoms. The van der Waals surface area contributed by atoms with E-state index in [1.807, 2.05) is 24.3 Å². The molecule has 1 saturated carbocycles. The molecule has 0 radical (unpaired) electrons. The summed E-state index contributed by atoms with van der Waals surface area (Å²) in [6.45, 7) is 4.84. The first-order chi connectivity index (χ1) is 11.7. The van der Waals surface area contributed by atoms with Gasteiger partial charge in [-0.05, 0) is 36.5 Å². The van der Waals surface area contributed by atoms with Gasteiger partial charge in [-0.1, -0.05) is 31.9 Å². The molecule has 5 nitrogen and oxygen atoms in total. The fourth-order valence-corrected chi connectivity index (χ4v) is 3.44. The largest absolute Gasteiger partial charge is 0.374 e. The molecule has 2 aliphatic rings. The maximum atomic E-state index is 12.2. The van der Waals surface area contributed by atoms with Crippen molar-refractivity contribution in [2.45, 2.75) is 51.4 Å². The summed E-state index contributed by atoms with van der Waals surface area (Å²) in [5.41, 5.74) is 1.89. The van der Waals surface area contributed by atoms with Crippen LogP contribution in [0.3, 0.4) is 0 Å². The monoisotopic (exact) mass is 332 g/mol. The molecule has 0 bridgehead atoms. The third kappa shape index (κ3) is 5.03. The summed E-state index contributed by atoms with van der Waals surface area (Å²) in [5, 5.41) is 6.10. The Bertz CT molecular complexity index is 543. The molecule has 1 saturated heterocycles. The summed E-state index contributed by atoms with van der Waals surface area (Å²) in [5.74, 6) is 0.667. The van der Waals surface area contributed by atoms with Crippen molar-refractivity contribution in [1.29, 1.82) is 0 Å². The molecule has 3 rings (SSSR count). The van der Waals surface area contributed by atoms with Gasteiger partial charge in [-0.15, -0.1) is 0 Å². The molecule has 0 spiro atoms. The lowest BCUT2D eigenvalue weighted by atomic mass is 9.89. The predicted octanol–water partition coefficient (Wildman–Crippen LogP) is 2.71. The van der Waals surface area contributed by atoms with Gasteiger partial charge in [-0.2, -0.15) is 0 Å². The maximum Gasteiger partial charge on any atom is 0.254 e. The van der Waals surface area contributed by atoms with Crippen molar-refractivity contribution in [2.24, 2.45) is 5.92 Å². The zero-order valence-corrected chi connectivity index (χ0v) is 14.4. The summed E-state index contributed by atoms with van der Waals surface area (Å²) < 4.78 is 11.5. The second-order valence-electron chi connectivity index (χ2n) is 6.96. The second kappa shape index (κ2) is 8.60. The van der Waals surface area contributed by atoms with Crippen LogP contribution in [0.5, 0.6) is 0 Å².